The molecule has 492 valence electrons. The van der Waals surface area contributed by atoms with Gasteiger partial charge < -0.3 is 105 Å². The maximum atomic E-state index is 13.4. The first-order valence-corrected chi connectivity index (χ1v) is 31.5. The summed E-state index contributed by atoms with van der Waals surface area (Å²) in [5.74, 6) is -5.74. The van der Waals surface area contributed by atoms with Crippen LogP contribution in [0.25, 0.3) is 0 Å². The first kappa shape index (κ1) is 75.7. The fourth-order valence-corrected chi connectivity index (χ4v) is 11.1. The van der Waals surface area contributed by atoms with Gasteiger partial charge in [-0.2, -0.15) is 0 Å². The Morgan fingerprint density at radius 1 is 0.667 bits per heavy atom. The summed E-state index contributed by atoms with van der Waals surface area (Å²) in [6.45, 7) is 2.42. The number of carboxylic acids is 1. The van der Waals surface area contributed by atoms with Gasteiger partial charge in [0, 0.05) is 20.0 Å². The number of carbonyl (C=O) groups excluding carboxylic acids is 2. The van der Waals surface area contributed by atoms with Gasteiger partial charge in [-0.25, -0.2) is 4.79 Å². The van der Waals surface area contributed by atoms with Crippen molar-refractivity contribution in [1.82, 2.24) is 10.6 Å². The van der Waals surface area contributed by atoms with Crippen molar-refractivity contribution in [3.63, 3.8) is 0 Å². The number of hydrogen-bond acceptors (Lipinski definition) is 21. The molecule has 0 aliphatic carbocycles. The molecule has 0 aromatic rings. The molecule has 3 saturated heterocycles. The lowest BCUT2D eigenvalue weighted by Gasteiger charge is -2.50. The topological polar surface area (TPSA) is 383 Å². The summed E-state index contributed by atoms with van der Waals surface area (Å²) in [5.41, 5.74) is 0. The van der Waals surface area contributed by atoms with E-state index in [9.17, 15) is 75.7 Å². The molecule has 3 rings (SSSR count). The van der Waals surface area contributed by atoms with E-state index in [2.05, 4.69) is 31.4 Å². The van der Waals surface area contributed by atoms with Gasteiger partial charge in [0.25, 0.3) is 5.79 Å². The monoisotopic (exact) mass is 1210 g/mol. The normalized spacial score (nSPS) is 29.9. The Hall–Kier alpha value is -2.57. The Balaban J connectivity index is 1.69. The minimum absolute atomic E-state index is 0.200. The molecule has 24 nitrogen and oxygen atoms in total. The number of unbranched alkanes of at least 4 members (excludes halogenated alkanes) is 22. The van der Waals surface area contributed by atoms with Crippen LogP contribution in [0.5, 0.6) is 0 Å². The van der Waals surface area contributed by atoms with E-state index in [1.165, 1.54) is 103 Å². The Labute approximate surface area is 497 Å². The third-order valence-corrected chi connectivity index (χ3v) is 16.3. The van der Waals surface area contributed by atoms with Crippen molar-refractivity contribution in [3.05, 3.63) is 12.2 Å². The molecule has 24 heteroatoms. The maximum Gasteiger partial charge on any atom is 0.364 e. The Bertz CT molecular complexity index is 1780. The van der Waals surface area contributed by atoms with E-state index in [0.717, 1.165) is 58.0 Å². The SMILES string of the molecule is CCCCCCCCCCCCCCCCCC(=O)NC(COC1OC(CO)C(OC2OC(CO)C(O)C(OC3(C(=O)O)CC(O)C(NC(=O)CO)C(C(O)C(CO)OC)O3)C2O)C(O)C1O)C(O)C=CCCCCCCCCCCC(C)C. The molecule has 0 spiro atoms. The first-order valence-electron chi connectivity index (χ1n) is 31.5. The van der Waals surface area contributed by atoms with Gasteiger partial charge in [0.15, 0.2) is 12.6 Å². The number of allylic oxidation sites excluding steroid dienone is 1. The van der Waals surface area contributed by atoms with Crippen LogP contribution in [0.4, 0.5) is 0 Å². The average Bonchev–Trinajstić information content (AvgIpc) is 1.18. The zero-order valence-electron chi connectivity index (χ0n) is 50.6. The highest BCUT2D eigenvalue weighted by Crippen LogP contribution is 2.39. The second kappa shape index (κ2) is 42.4. The number of aliphatic hydroxyl groups excluding tert-OH is 11. The molecule has 0 radical (unpaired) electrons. The van der Waals surface area contributed by atoms with E-state index in [4.69, 9.17) is 33.2 Å². The lowest BCUT2D eigenvalue weighted by molar-refractivity contribution is -0.386. The summed E-state index contributed by atoms with van der Waals surface area (Å²) < 4.78 is 40.0. The standard InChI is InChI=1S/C60H110N2O22/c1-5-6-7-8-9-10-11-12-13-14-15-20-23-26-29-32-46(69)61-40(41(67)31-28-25-22-19-17-16-18-21-24-27-30-39(2)3)38-79-57-52(74)51(73)54(45(36-65)81-57)82-58-53(75)56(50(72)44(35-64)80-58)84-60(59(76)77)33-42(68)48(62-47(70)37-66)55(83-60)49(71)43(34-63)78-4/h28,31,39-45,48-58,63-68,71-75H,5-27,29-30,32-38H2,1-4H3,(H,61,69)(H,62,70)(H,76,77). The molecular formula is C60H110N2O22. The van der Waals surface area contributed by atoms with Crippen molar-refractivity contribution in [2.45, 2.75) is 304 Å². The fraction of sp³-hybridized carbons (Fsp3) is 0.917. The van der Waals surface area contributed by atoms with E-state index in [0.29, 0.717) is 12.8 Å². The lowest BCUT2D eigenvalue weighted by Crippen LogP contribution is -2.71. The molecule has 3 aliphatic heterocycles. The number of methoxy groups -OCH3 is 1. The molecule has 3 heterocycles. The van der Waals surface area contributed by atoms with Gasteiger partial charge in [-0.05, 0) is 25.2 Å². The van der Waals surface area contributed by atoms with E-state index in [-0.39, 0.29) is 12.3 Å². The zero-order chi connectivity index (χ0) is 62.0. The number of amides is 2. The number of carbonyl (C=O) groups is 3. The Kier molecular flexibility index (Phi) is 38.2. The van der Waals surface area contributed by atoms with Crippen LogP contribution < -0.4 is 10.6 Å². The van der Waals surface area contributed by atoms with Crippen LogP contribution in [0.2, 0.25) is 0 Å². The van der Waals surface area contributed by atoms with Crippen LogP contribution in [-0.2, 0) is 47.5 Å². The molecule has 0 aromatic heterocycles. The van der Waals surface area contributed by atoms with Crippen LogP contribution in [0, 0.1) is 5.92 Å². The highest BCUT2D eigenvalue weighted by molar-refractivity contribution is 5.78. The predicted molar refractivity (Wildman–Crippen MR) is 308 cm³/mol. The number of aliphatic carboxylic acids is 1. The van der Waals surface area contributed by atoms with Crippen LogP contribution in [0.15, 0.2) is 12.2 Å². The summed E-state index contributed by atoms with van der Waals surface area (Å²) in [5, 5.41) is 136. The van der Waals surface area contributed by atoms with Crippen molar-refractivity contribution >= 4 is 17.8 Å². The fourth-order valence-electron chi connectivity index (χ4n) is 11.1. The molecule has 0 saturated carbocycles. The molecule has 18 unspecified atom stereocenters. The highest BCUT2D eigenvalue weighted by atomic mass is 16.8. The average molecular weight is 1210 g/mol. The highest BCUT2D eigenvalue weighted by Gasteiger charge is 2.60. The quantitative estimate of drug-likeness (QED) is 0.0308. The summed E-state index contributed by atoms with van der Waals surface area (Å²) in [7, 11) is 1.09. The number of aliphatic hydroxyl groups is 11. The molecule has 2 amide bonds. The molecule has 14 N–H and O–H groups in total. The summed E-state index contributed by atoms with van der Waals surface area (Å²) >= 11 is 0. The number of ether oxygens (including phenoxy) is 7. The van der Waals surface area contributed by atoms with Crippen LogP contribution in [-0.4, -0.2) is 229 Å². The van der Waals surface area contributed by atoms with Crippen LogP contribution in [0.1, 0.15) is 194 Å². The third-order valence-electron chi connectivity index (χ3n) is 16.3. The molecule has 3 fully saturated rings. The van der Waals surface area contributed by atoms with Gasteiger partial charge in [0.05, 0.1) is 50.7 Å². The molecule has 3 aliphatic rings. The van der Waals surface area contributed by atoms with Crippen molar-refractivity contribution in [2.24, 2.45) is 5.92 Å². The lowest BCUT2D eigenvalue weighted by atomic mass is 9.88. The number of rotatable bonds is 46. The number of nitrogens with one attached hydrogen (secondary N) is 2. The van der Waals surface area contributed by atoms with Crippen molar-refractivity contribution in [3.8, 4) is 0 Å². The smallest absolute Gasteiger partial charge is 0.364 e. The number of carboxylic acid groups (broad SMARTS) is 1. The third kappa shape index (κ3) is 25.9. The molecule has 0 aromatic carbocycles. The maximum absolute atomic E-state index is 13.4. The molecular weight excluding hydrogens is 1100 g/mol. The molecule has 18 atom stereocenters. The van der Waals surface area contributed by atoms with Crippen molar-refractivity contribution in [1.29, 1.82) is 0 Å². The minimum atomic E-state index is -3.09. The summed E-state index contributed by atoms with van der Waals surface area (Å²) in [4.78, 5) is 38.7. The van der Waals surface area contributed by atoms with Crippen molar-refractivity contribution < 1.29 is 109 Å². The molecule has 84 heavy (non-hydrogen) atoms. The van der Waals surface area contributed by atoms with Gasteiger partial charge in [0.2, 0.25) is 11.8 Å². The minimum Gasteiger partial charge on any atom is -0.477 e. The largest absolute Gasteiger partial charge is 0.477 e. The number of hydrogen-bond donors (Lipinski definition) is 14. The van der Waals surface area contributed by atoms with Gasteiger partial charge in [-0.3, -0.25) is 9.59 Å². The van der Waals surface area contributed by atoms with Gasteiger partial charge in [-0.15, -0.1) is 0 Å². The van der Waals surface area contributed by atoms with Gasteiger partial charge in [0.1, 0.15) is 73.8 Å². The summed E-state index contributed by atoms with van der Waals surface area (Å²) in [6, 6.07) is -2.69. The molecule has 0 bridgehead atoms. The Morgan fingerprint density at radius 2 is 1.21 bits per heavy atom. The van der Waals surface area contributed by atoms with Crippen LogP contribution >= 0.6 is 0 Å². The first-order chi connectivity index (χ1) is 40.3. The second-order valence-electron chi connectivity index (χ2n) is 23.6. The van der Waals surface area contributed by atoms with E-state index < -0.39 is 161 Å². The zero-order valence-corrected chi connectivity index (χ0v) is 50.6. The second-order valence-corrected chi connectivity index (χ2v) is 23.6. The van der Waals surface area contributed by atoms with Crippen LogP contribution in [0.3, 0.4) is 0 Å². The van der Waals surface area contributed by atoms with E-state index in [1.54, 1.807) is 6.08 Å². The van der Waals surface area contributed by atoms with E-state index in [1.807, 2.05) is 6.08 Å². The van der Waals surface area contributed by atoms with Gasteiger partial charge >= 0.3 is 5.97 Å². The van der Waals surface area contributed by atoms with Crippen molar-refractivity contribution in [2.75, 3.05) is 40.1 Å². The Morgan fingerprint density at radius 3 is 1.74 bits per heavy atom. The van der Waals surface area contributed by atoms with Gasteiger partial charge in [-0.1, -0.05) is 174 Å². The van der Waals surface area contributed by atoms with E-state index >= 15 is 0 Å². The predicted octanol–water partition coefficient (Wildman–Crippen LogP) is 2.65. The summed E-state index contributed by atoms with van der Waals surface area (Å²) in [6.07, 6.45) is 3.38.